The fraction of sp³-hybridized carbons (Fsp3) is 0.577. The van der Waals surface area contributed by atoms with Crippen molar-refractivity contribution in [3.63, 3.8) is 0 Å². The number of rotatable bonds is 12. The molecule has 6 heterocycles. The summed E-state index contributed by atoms with van der Waals surface area (Å²) in [5, 5.41) is 21.5. The molecule has 24 heteroatoms. The van der Waals surface area contributed by atoms with Crippen LogP contribution in [0.25, 0.3) is 16.9 Å². The van der Waals surface area contributed by atoms with Gasteiger partial charge in [-0.25, -0.2) is 19.5 Å². The summed E-state index contributed by atoms with van der Waals surface area (Å²) in [7, 11) is -7.82. The smallest absolute Gasteiger partial charge is 0.397 e. The second-order valence-electron chi connectivity index (χ2n) is 11.7. The van der Waals surface area contributed by atoms with Gasteiger partial charge in [-0.3, -0.25) is 32.5 Å². The Bertz CT molecular complexity index is 1960. The lowest BCUT2D eigenvalue weighted by atomic mass is 10.1. The van der Waals surface area contributed by atoms with E-state index in [-0.39, 0.29) is 17.1 Å². The molecule has 3 aromatic rings. The number of methoxy groups -OCH3 is 1. The molecule has 3 aromatic heterocycles. The van der Waals surface area contributed by atoms with Crippen LogP contribution in [0.4, 0.5) is 11.8 Å². The number of allylic oxidation sites excluding steroid dienone is 1. The first-order valence-corrected chi connectivity index (χ1v) is 18.7. The van der Waals surface area contributed by atoms with Gasteiger partial charge in [0.05, 0.1) is 31.6 Å². The standard InChI is InChI=1S/C26H37N9O13P2/c1-4-11-5-6-29-21-15(14(11)27)30-9-34(21)25-20(43-2)19(13(47-25)8-44-49(3,39)40)48-50(41,42)45-7-12-17(36)18(37)24(46-12)35-10-31-16-22(35)32-26(28)33-23(16)38/h6,9-10,12-13,17-20,24-25,36-37H,4-5,7-8,27H2,1-3H3,(H,39,40)(H,41,42)(H3,28,32,33,38)/t12-,13-,17-,18-,19-,20-,24-,25-/m1/s1. The molecule has 0 radical (unpaired) electrons. The monoisotopic (exact) mass is 745 g/mol. The summed E-state index contributed by atoms with van der Waals surface area (Å²) < 4.78 is 61.4. The minimum absolute atomic E-state index is 0.0422. The van der Waals surface area contributed by atoms with Gasteiger partial charge < -0.3 is 50.2 Å². The molecule has 0 aromatic carbocycles. The number of aromatic amines is 1. The number of aromatic nitrogens is 6. The molecule has 2 saturated heterocycles. The second kappa shape index (κ2) is 14.0. The molecule has 22 nitrogen and oxygen atoms in total. The number of phosphoric acid groups is 1. The molecule has 10 atom stereocenters. The van der Waals surface area contributed by atoms with Crippen LogP contribution in [0.1, 0.15) is 37.9 Å². The first kappa shape index (κ1) is 36.4. The number of aliphatic hydroxyl groups excluding tert-OH is 2. The first-order chi connectivity index (χ1) is 23.6. The van der Waals surface area contributed by atoms with Crippen molar-refractivity contribution in [2.75, 3.05) is 32.7 Å². The number of nitrogens with one attached hydrogen (secondary N) is 1. The highest BCUT2D eigenvalue weighted by atomic mass is 31.2. The third-order valence-corrected chi connectivity index (χ3v) is 10.0. The van der Waals surface area contributed by atoms with Crippen molar-refractivity contribution in [1.82, 2.24) is 29.1 Å². The fourth-order valence-electron chi connectivity index (χ4n) is 5.95. The maximum Gasteiger partial charge on any atom is 0.472 e. The van der Waals surface area contributed by atoms with Crippen molar-refractivity contribution in [2.24, 2.45) is 10.7 Å². The van der Waals surface area contributed by atoms with Crippen LogP contribution in [-0.2, 0) is 36.9 Å². The maximum absolute atomic E-state index is 13.4. The van der Waals surface area contributed by atoms with E-state index in [2.05, 4.69) is 24.9 Å². The van der Waals surface area contributed by atoms with Gasteiger partial charge in [-0.15, -0.1) is 0 Å². The van der Waals surface area contributed by atoms with Crippen molar-refractivity contribution >= 4 is 50.3 Å². The Morgan fingerprint density at radius 1 is 1.02 bits per heavy atom. The van der Waals surface area contributed by atoms with Crippen molar-refractivity contribution in [3.05, 3.63) is 34.3 Å². The van der Waals surface area contributed by atoms with Crippen molar-refractivity contribution in [2.45, 2.75) is 68.8 Å². The lowest BCUT2D eigenvalue weighted by Gasteiger charge is -2.26. The average molecular weight is 746 g/mol. The fourth-order valence-corrected chi connectivity index (χ4v) is 7.33. The average Bonchev–Trinajstić information content (AvgIpc) is 3.78. The number of aliphatic imine (C=N–C) groups is 1. The lowest BCUT2D eigenvalue weighted by molar-refractivity contribution is -0.0581. The summed E-state index contributed by atoms with van der Waals surface area (Å²) >= 11 is 0. The molecule has 6 rings (SSSR count). The van der Waals surface area contributed by atoms with Crippen LogP contribution >= 0.6 is 15.4 Å². The third kappa shape index (κ3) is 7.07. The van der Waals surface area contributed by atoms with Gasteiger partial charge in [0.15, 0.2) is 29.4 Å². The zero-order chi connectivity index (χ0) is 36.1. The number of nitrogens with two attached hydrogens (primary N) is 2. The summed E-state index contributed by atoms with van der Waals surface area (Å²) in [6, 6.07) is 0. The number of nitrogens with zero attached hydrogens (tertiary/aromatic N) is 6. The highest BCUT2D eigenvalue weighted by Gasteiger charge is 2.52. The molecular formula is C26H37N9O13P2. The van der Waals surface area contributed by atoms with E-state index < -0.39 is 83.3 Å². The van der Waals surface area contributed by atoms with Gasteiger partial charge in [0.25, 0.3) is 5.56 Å². The number of aliphatic hydroxyl groups is 2. The molecular weight excluding hydrogens is 708 g/mol. The Labute approximate surface area is 282 Å². The number of nitrogen functional groups attached to an aromatic ring is 1. The van der Waals surface area contributed by atoms with Crippen LogP contribution in [0, 0.1) is 0 Å². The topological polar surface area (TPSA) is 316 Å². The molecule has 50 heavy (non-hydrogen) atoms. The predicted molar refractivity (Wildman–Crippen MR) is 172 cm³/mol. The van der Waals surface area contributed by atoms with Crippen LogP contribution in [0.5, 0.6) is 0 Å². The molecule has 3 aliphatic heterocycles. The molecule has 274 valence electrons. The Hall–Kier alpha value is -3.37. The van der Waals surface area contributed by atoms with E-state index >= 15 is 0 Å². The van der Waals surface area contributed by atoms with Crippen LogP contribution in [0.2, 0.25) is 0 Å². The highest BCUT2D eigenvalue weighted by molar-refractivity contribution is 7.51. The molecule has 2 fully saturated rings. The Morgan fingerprint density at radius 2 is 1.72 bits per heavy atom. The quantitative estimate of drug-likeness (QED) is 0.116. The second-order valence-corrected chi connectivity index (χ2v) is 15.0. The summed E-state index contributed by atoms with van der Waals surface area (Å²) in [6.45, 7) is 1.58. The summed E-state index contributed by atoms with van der Waals surface area (Å²) in [5.74, 6) is 0.0916. The van der Waals surface area contributed by atoms with Crippen molar-refractivity contribution < 1.29 is 56.9 Å². The SMILES string of the molecule is CCC1=C(N)c2ncn([C@@H]3O[C@H](COP(C)(=O)O)[C@@H](OP(=O)(O)OC[C@H]4O[C@@H](n5cnc6c(=O)[nH]c(N)nc65)[C@H](O)[C@@H]4O)[C@H]3OC)c2N=CC1. The Kier molecular flexibility index (Phi) is 10.2. The van der Waals surface area contributed by atoms with E-state index in [0.29, 0.717) is 30.1 Å². The van der Waals surface area contributed by atoms with E-state index in [1.54, 1.807) is 6.21 Å². The number of phosphoric ester groups is 1. The molecule has 0 bridgehead atoms. The minimum atomic E-state index is -5.08. The van der Waals surface area contributed by atoms with Crippen molar-refractivity contribution in [1.29, 1.82) is 0 Å². The van der Waals surface area contributed by atoms with Gasteiger partial charge in [0, 0.05) is 26.4 Å². The molecule has 0 spiro atoms. The largest absolute Gasteiger partial charge is 0.472 e. The molecule has 0 saturated carbocycles. The molecule has 0 aliphatic carbocycles. The minimum Gasteiger partial charge on any atom is -0.397 e. The number of fused-ring (bicyclic) bond motifs is 2. The Morgan fingerprint density at radius 3 is 2.42 bits per heavy atom. The molecule has 0 amide bonds. The van der Waals surface area contributed by atoms with Crippen LogP contribution in [-0.4, -0.2) is 119 Å². The summed E-state index contributed by atoms with van der Waals surface area (Å²) in [4.78, 5) is 52.0. The number of ether oxygens (including phenoxy) is 3. The predicted octanol–water partition coefficient (Wildman–Crippen LogP) is -0.350. The zero-order valence-corrected chi connectivity index (χ0v) is 28.7. The van der Waals surface area contributed by atoms with E-state index in [1.807, 2.05) is 6.92 Å². The van der Waals surface area contributed by atoms with E-state index in [9.17, 15) is 33.9 Å². The van der Waals surface area contributed by atoms with Crippen LogP contribution < -0.4 is 17.0 Å². The maximum atomic E-state index is 13.4. The highest BCUT2D eigenvalue weighted by Crippen LogP contribution is 2.51. The zero-order valence-electron chi connectivity index (χ0n) is 26.9. The number of hydrogen-bond acceptors (Lipinski definition) is 17. The number of H-pyrrole nitrogens is 1. The number of hydrogen-bond donors (Lipinski definition) is 7. The third-order valence-electron chi connectivity index (χ3n) is 8.41. The Balaban J connectivity index is 1.21. The number of imidazole rings is 2. The van der Waals surface area contributed by atoms with Gasteiger partial charge in [0.1, 0.15) is 42.3 Å². The van der Waals surface area contributed by atoms with Crippen LogP contribution in [0.15, 0.2) is 28.0 Å². The van der Waals surface area contributed by atoms with Crippen LogP contribution in [0.3, 0.4) is 0 Å². The van der Waals surface area contributed by atoms with Gasteiger partial charge in [-0.05, 0) is 12.0 Å². The van der Waals surface area contributed by atoms with E-state index in [1.165, 1.54) is 22.6 Å². The van der Waals surface area contributed by atoms with E-state index in [4.69, 9.17) is 39.2 Å². The summed E-state index contributed by atoms with van der Waals surface area (Å²) in [6.07, 6.45) is -5.57. The van der Waals surface area contributed by atoms with Gasteiger partial charge in [0.2, 0.25) is 5.95 Å². The lowest BCUT2D eigenvalue weighted by Crippen LogP contribution is -2.37. The summed E-state index contributed by atoms with van der Waals surface area (Å²) in [5.41, 5.74) is 13.0. The molecule has 3 aliphatic rings. The van der Waals surface area contributed by atoms with Gasteiger partial charge in [-0.1, -0.05) is 6.92 Å². The van der Waals surface area contributed by atoms with Gasteiger partial charge in [-0.2, -0.15) is 4.98 Å². The van der Waals surface area contributed by atoms with Crippen molar-refractivity contribution in [3.8, 4) is 0 Å². The normalized spacial score (nSPS) is 30.8. The number of anilines is 1. The van der Waals surface area contributed by atoms with Gasteiger partial charge >= 0.3 is 15.4 Å². The molecule has 9 N–H and O–H groups in total. The molecule has 2 unspecified atom stereocenters. The first-order valence-electron chi connectivity index (χ1n) is 15.2. The van der Waals surface area contributed by atoms with E-state index in [0.717, 1.165) is 18.6 Å².